The monoisotopic (exact) mass is 380 g/mol. The van der Waals surface area contributed by atoms with Crippen LogP contribution in [0.15, 0.2) is 48.5 Å². The Bertz CT molecular complexity index is 807. The number of anilines is 1. The number of nitrogens with one attached hydrogen (secondary N) is 1. The molecule has 144 valence electrons. The van der Waals surface area contributed by atoms with Crippen molar-refractivity contribution in [1.29, 1.82) is 0 Å². The second-order valence-electron chi connectivity index (χ2n) is 6.73. The zero-order chi connectivity index (χ0) is 19.4. The van der Waals surface area contributed by atoms with E-state index in [1.807, 2.05) is 4.90 Å². The maximum Gasteiger partial charge on any atom is 0.416 e. The van der Waals surface area contributed by atoms with Crippen molar-refractivity contribution in [1.82, 2.24) is 4.90 Å². The largest absolute Gasteiger partial charge is 0.416 e. The number of carbonyl (C=O) groups excluding carboxylic acids is 1. The van der Waals surface area contributed by atoms with Crippen molar-refractivity contribution in [3.8, 4) is 0 Å². The molecule has 1 fully saturated rings. The van der Waals surface area contributed by atoms with Gasteiger partial charge < -0.3 is 5.32 Å². The third kappa shape index (κ3) is 5.07. The molecule has 1 aliphatic heterocycles. The molecule has 0 bridgehead atoms. The van der Waals surface area contributed by atoms with E-state index in [4.69, 9.17) is 0 Å². The van der Waals surface area contributed by atoms with Gasteiger partial charge >= 0.3 is 6.18 Å². The average Bonchev–Trinajstić information content (AvgIpc) is 2.63. The first kappa shape index (κ1) is 19.4. The molecular formula is C20H20F4N2O. The van der Waals surface area contributed by atoms with Crippen LogP contribution in [0.2, 0.25) is 0 Å². The first-order chi connectivity index (χ1) is 12.8. The van der Waals surface area contributed by atoms with Crippen molar-refractivity contribution in [2.75, 3.05) is 18.4 Å². The van der Waals surface area contributed by atoms with Gasteiger partial charge in [0.2, 0.25) is 5.91 Å². The zero-order valence-corrected chi connectivity index (χ0v) is 14.6. The Morgan fingerprint density at radius 2 is 1.93 bits per heavy atom. The molecule has 1 aliphatic rings. The molecule has 1 saturated heterocycles. The summed E-state index contributed by atoms with van der Waals surface area (Å²) in [6, 6.07) is 11.1. The van der Waals surface area contributed by atoms with E-state index < -0.39 is 11.7 Å². The number of amides is 1. The maximum absolute atomic E-state index is 13.8. The highest BCUT2D eigenvalue weighted by Gasteiger charge is 2.31. The van der Waals surface area contributed by atoms with E-state index in [0.717, 1.165) is 25.1 Å². The fourth-order valence-electron chi connectivity index (χ4n) is 3.30. The second-order valence-corrected chi connectivity index (χ2v) is 6.73. The van der Waals surface area contributed by atoms with Gasteiger partial charge in [0.15, 0.2) is 0 Å². The Labute approximate surface area is 155 Å². The topological polar surface area (TPSA) is 32.3 Å². The summed E-state index contributed by atoms with van der Waals surface area (Å²) >= 11 is 0. The van der Waals surface area contributed by atoms with Crippen molar-refractivity contribution < 1.29 is 22.4 Å². The lowest BCUT2D eigenvalue weighted by molar-refractivity contribution is -0.137. The fraction of sp³-hybridized carbons (Fsp3) is 0.350. The molecule has 1 heterocycles. The number of benzene rings is 2. The van der Waals surface area contributed by atoms with Gasteiger partial charge in [-0.3, -0.25) is 9.69 Å². The number of hydrogen-bond donors (Lipinski definition) is 1. The fourth-order valence-corrected chi connectivity index (χ4v) is 3.30. The van der Waals surface area contributed by atoms with Gasteiger partial charge in [0.25, 0.3) is 0 Å². The highest BCUT2D eigenvalue weighted by Crippen LogP contribution is 2.31. The van der Waals surface area contributed by atoms with E-state index in [1.165, 1.54) is 18.2 Å². The number of hydrogen-bond acceptors (Lipinski definition) is 2. The number of nitrogens with zero attached hydrogens (tertiary/aromatic N) is 1. The molecule has 0 aromatic heterocycles. The Hall–Kier alpha value is -2.41. The van der Waals surface area contributed by atoms with Crippen LogP contribution in [-0.4, -0.2) is 23.9 Å². The number of piperidine rings is 1. The van der Waals surface area contributed by atoms with E-state index in [-0.39, 0.29) is 23.3 Å². The molecular weight excluding hydrogens is 360 g/mol. The van der Waals surface area contributed by atoms with Gasteiger partial charge in [0.1, 0.15) is 5.82 Å². The molecule has 0 radical (unpaired) electrons. The summed E-state index contributed by atoms with van der Waals surface area (Å²) in [5, 5.41) is 2.58. The Morgan fingerprint density at radius 3 is 2.67 bits per heavy atom. The van der Waals surface area contributed by atoms with Crippen molar-refractivity contribution in [2.45, 2.75) is 25.6 Å². The molecule has 1 amide bonds. The molecule has 0 saturated carbocycles. The standard InChI is InChI=1S/C20H20F4N2O/c21-18-9-2-1-5-14(18)12-26-10-4-6-15(13-26)19(27)25-17-8-3-7-16(11-17)20(22,23)24/h1-3,5,7-9,11,15H,4,6,10,12-13H2,(H,25,27). The van der Waals surface area contributed by atoms with Crippen LogP contribution in [0.1, 0.15) is 24.0 Å². The third-order valence-electron chi connectivity index (χ3n) is 4.69. The van der Waals surface area contributed by atoms with Crippen LogP contribution >= 0.6 is 0 Å². The highest BCUT2D eigenvalue weighted by atomic mass is 19.4. The Kier molecular flexibility index (Phi) is 5.79. The van der Waals surface area contributed by atoms with Crippen LogP contribution in [0.3, 0.4) is 0 Å². The lowest BCUT2D eigenvalue weighted by Crippen LogP contribution is -2.40. The first-order valence-corrected chi connectivity index (χ1v) is 8.77. The molecule has 3 rings (SSSR count). The molecule has 1 atom stereocenters. The molecule has 27 heavy (non-hydrogen) atoms. The summed E-state index contributed by atoms with van der Waals surface area (Å²) in [4.78, 5) is 14.5. The van der Waals surface area contributed by atoms with Crippen LogP contribution in [0.5, 0.6) is 0 Å². The van der Waals surface area contributed by atoms with Gasteiger partial charge in [-0.2, -0.15) is 13.2 Å². The quantitative estimate of drug-likeness (QED) is 0.780. The predicted molar refractivity (Wildman–Crippen MR) is 94.5 cm³/mol. The Morgan fingerprint density at radius 1 is 1.15 bits per heavy atom. The van der Waals surface area contributed by atoms with Gasteiger partial charge in [0, 0.05) is 24.3 Å². The highest BCUT2D eigenvalue weighted by molar-refractivity contribution is 5.92. The number of halogens is 4. The van der Waals surface area contributed by atoms with Gasteiger partial charge in [-0.25, -0.2) is 4.39 Å². The molecule has 7 heteroatoms. The van der Waals surface area contributed by atoms with E-state index in [1.54, 1.807) is 18.2 Å². The van der Waals surface area contributed by atoms with Crippen LogP contribution < -0.4 is 5.32 Å². The van der Waals surface area contributed by atoms with E-state index in [2.05, 4.69) is 5.32 Å². The first-order valence-electron chi connectivity index (χ1n) is 8.77. The van der Waals surface area contributed by atoms with Crippen molar-refractivity contribution >= 4 is 11.6 Å². The van der Waals surface area contributed by atoms with Crippen LogP contribution in [0.4, 0.5) is 23.2 Å². The van der Waals surface area contributed by atoms with Crippen molar-refractivity contribution in [3.05, 3.63) is 65.5 Å². The maximum atomic E-state index is 13.8. The number of likely N-dealkylation sites (tertiary alicyclic amines) is 1. The number of rotatable bonds is 4. The number of carbonyl (C=O) groups is 1. The molecule has 2 aromatic carbocycles. The van der Waals surface area contributed by atoms with Crippen LogP contribution in [-0.2, 0) is 17.5 Å². The molecule has 2 aromatic rings. The second kappa shape index (κ2) is 8.08. The zero-order valence-electron chi connectivity index (χ0n) is 14.6. The number of alkyl halides is 3. The van der Waals surface area contributed by atoms with Gasteiger partial charge in [-0.1, -0.05) is 24.3 Å². The van der Waals surface area contributed by atoms with E-state index in [0.29, 0.717) is 25.1 Å². The van der Waals surface area contributed by atoms with E-state index >= 15 is 0 Å². The predicted octanol–water partition coefficient (Wildman–Crippen LogP) is 4.70. The lowest BCUT2D eigenvalue weighted by atomic mass is 9.96. The Balaban J connectivity index is 1.63. The molecule has 1 unspecified atom stereocenters. The van der Waals surface area contributed by atoms with Crippen LogP contribution in [0, 0.1) is 11.7 Å². The minimum absolute atomic E-state index is 0.126. The SMILES string of the molecule is O=C(Nc1cccc(C(F)(F)F)c1)C1CCCN(Cc2ccccc2F)C1. The molecule has 3 nitrogen and oxygen atoms in total. The van der Waals surface area contributed by atoms with Crippen molar-refractivity contribution in [3.63, 3.8) is 0 Å². The lowest BCUT2D eigenvalue weighted by Gasteiger charge is -2.32. The normalized spacial score (nSPS) is 18.3. The smallest absolute Gasteiger partial charge is 0.326 e. The molecule has 0 spiro atoms. The van der Waals surface area contributed by atoms with Gasteiger partial charge in [-0.15, -0.1) is 0 Å². The summed E-state index contributed by atoms with van der Waals surface area (Å²) in [7, 11) is 0. The summed E-state index contributed by atoms with van der Waals surface area (Å²) in [5.41, 5.74) is -0.109. The van der Waals surface area contributed by atoms with E-state index in [9.17, 15) is 22.4 Å². The molecule has 1 N–H and O–H groups in total. The average molecular weight is 380 g/mol. The summed E-state index contributed by atoms with van der Waals surface area (Å²) < 4.78 is 52.2. The van der Waals surface area contributed by atoms with Gasteiger partial charge in [0.05, 0.1) is 11.5 Å². The third-order valence-corrected chi connectivity index (χ3v) is 4.69. The summed E-state index contributed by atoms with van der Waals surface area (Å²) in [6.07, 6.45) is -3.03. The summed E-state index contributed by atoms with van der Waals surface area (Å²) in [5.74, 6) is -0.944. The van der Waals surface area contributed by atoms with Gasteiger partial charge in [-0.05, 0) is 43.7 Å². The molecule has 0 aliphatic carbocycles. The minimum atomic E-state index is -4.46. The van der Waals surface area contributed by atoms with Crippen LogP contribution in [0.25, 0.3) is 0 Å². The summed E-state index contributed by atoms with van der Waals surface area (Å²) in [6.45, 7) is 1.60. The van der Waals surface area contributed by atoms with Crippen molar-refractivity contribution in [2.24, 2.45) is 5.92 Å². The minimum Gasteiger partial charge on any atom is -0.326 e.